The Morgan fingerprint density at radius 2 is 1.97 bits per heavy atom. The van der Waals surface area contributed by atoms with Crippen molar-refractivity contribution in [1.29, 1.82) is 0 Å². The lowest BCUT2D eigenvalue weighted by molar-refractivity contribution is 0.0936. The van der Waals surface area contributed by atoms with Crippen LogP contribution in [0.4, 0.5) is 18.9 Å². The Labute approximate surface area is 169 Å². The number of alkyl halides is 1. The topological polar surface area (TPSA) is 99.4 Å². The van der Waals surface area contributed by atoms with Crippen molar-refractivity contribution in [2.24, 2.45) is 0 Å². The van der Waals surface area contributed by atoms with Gasteiger partial charge in [-0.3, -0.25) is 9.78 Å². The minimum absolute atomic E-state index is 0.0625. The highest BCUT2D eigenvalue weighted by Crippen LogP contribution is 2.28. The molecule has 1 atom stereocenters. The van der Waals surface area contributed by atoms with E-state index in [2.05, 4.69) is 20.0 Å². The van der Waals surface area contributed by atoms with Gasteiger partial charge in [0.2, 0.25) is 6.86 Å². The second-order valence-corrected chi connectivity index (χ2v) is 6.03. The first-order valence-corrected chi connectivity index (χ1v) is 8.63. The molecule has 0 aliphatic heterocycles. The number of benzene rings is 1. The zero-order chi connectivity index (χ0) is 21.7. The van der Waals surface area contributed by atoms with Crippen LogP contribution in [0.2, 0.25) is 0 Å². The van der Waals surface area contributed by atoms with Crippen LogP contribution in [0.25, 0.3) is 0 Å². The summed E-state index contributed by atoms with van der Waals surface area (Å²) in [6.07, 6.45) is 2.60. The molecule has 3 aromatic rings. The van der Waals surface area contributed by atoms with E-state index in [1.54, 1.807) is 0 Å². The van der Waals surface area contributed by atoms with Crippen molar-refractivity contribution in [3.8, 4) is 11.5 Å². The van der Waals surface area contributed by atoms with Crippen molar-refractivity contribution in [3.05, 3.63) is 77.4 Å². The molecule has 0 aliphatic carbocycles. The van der Waals surface area contributed by atoms with E-state index in [0.717, 1.165) is 12.1 Å². The molecule has 1 aromatic carbocycles. The van der Waals surface area contributed by atoms with E-state index in [9.17, 15) is 18.0 Å². The van der Waals surface area contributed by atoms with Gasteiger partial charge in [-0.05, 0) is 35.9 Å². The second-order valence-electron chi connectivity index (χ2n) is 6.03. The molecule has 0 spiro atoms. The Morgan fingerprint density at radius 3 is 2.60 bits per heavy atom. The SMILES string of the molecule is COc1cnc(C(=O)N[C@@H](c2ccc(OCF)c(F)c2)c2ncccc2F)cc1N. The van der Waals surface area contributed by atoms with Crippen LogP contribution >= 0.6 is 0 Å². The maximum Gasteiger partial charge on any atom is 0.270 e. The van der Waals surface area contributed by atoms with Crippen molar-refractivity contribution in [2.45, 2.75) is 6.04 Å². The lowest BCUT2D eigenvalue weighted by Gasteiger charge is -2.20. The molecule has 0 saturated carbocycles. The minimum Gasteiger partial charge on any atom is -0.493 e. The van der Waals surface area contributed by atoms with Crippen LogP contribution in [0, 0.1) is 11.6 Å². The molecule has 2 heterocycles. The van der Waals surface area contributed by atoms with Gasteiger partial charge in [-0.15, -0.1) is 0 Å². The van der Waals surface area contributed by atoms with Gasteiger partial charge in [-0.1, -0.05) is 6.07 Å². The number of methoxy groups -OCH3 is 1. The van der Waals surface area contributed by atoms with E-state index < -0.39 is 30.4 Å². The molecule has 3 N–H and O–H groups in total. The van der Waals surface area contributed by atoms with E-state index in [0.29, 0.717) is 0 Å². The van der Waals surface area contributed by atoms with Gasteiger partial charge in [-0.25, -0.2) is 18.2 Å². The third kappa shape index (κ3) is 4.43. The first-order valence-electron chi connectivity index (χ1n) is 8.63. The van der Waals surface area contributed by atoms with Gasteiger partial charge in [0.15, 0.2) is 17.3 Å². The number of ether oxygens (including phenoxy) is 2. The monoisotopic (exact) mass is 418 g/mol. The summed E-state index contributed by atoms with van der Waals surface area (Å²) < 4.78 is 50.5. The number of hydrogen-bond acceptors (Lipinski definition) is 6. The molecule has 0 aliphatic rings. The van der Waals surface area contributed by atoms with E-state index >= 15 is 0 Å². The number of amides is 1. The van der Waals surface area contributed by atoms with Crippen molar-refractivity contribution in [3.63, 3.8) is 0 Å². The highest BCUT2D eigenvalue weighted by atomic mass is 19.1. The Hall–Kier alpha value is -3.82. The number of nitrogens with zero attached hydrogens (tertiary/aromatic N) is 2. The zero-order valence-electron chi connectivity index (χ0n) is 15.7. The van der Waals surface area contributed by atoms with Crippen molar-refractivity contribution in [1.82, 2.24) is 15.3 Å². The number of pyridine rings is 2. The summed E-state index contributed by atoms with van der Waals surface area (Å²) in [5.74, 6) is -2.34. The van der Waals surface area contributed by atoms with Crippen LogP contribution in [0.1, 0.15) is 27.8 Å². The highest BCUT2D eigenvalue weighted by Gasteiger charge is 2.24. The molecule has 0 fully saturated rings. The number of nitrogen functional groups attached to an aromatic ring is 1. The molecule has 156 valence electrons. The average Bonchev–Trinajstić information content (AvgIpc) is 2.74. The predicted octanol–water partition coefficient (Wildman–Crippen LogP) is 3.17. The van der Waals surface area contributed by atoms with Gasteiger partial charge in [0, 0.05) is 6.20 Å². The third-order valence-electron chi connectivity index (χ3n) is 4.19. The fourth-order valence-electron chi connectivity index (χ4n) is 2.75. The van der Waals surface area contributed by atoms with Gasteiger partial charge >= 0.3 is 0 Å². The summed E-state index contributed by atoms with van der Waals surface area (Å²) in [7, 11) is 1.40. The molecule has 0 bridgehead atoms. The van der Waals surface area contributed by atoms with Crippen LogP contribution in [0.15, 0.2) is 48.8 Å². The largest absolute Gasteiger partial charge is 0.493 e. The van der Waals surface area contributed by atoms with Gasteiger partial charge in [0.1, 0.15) is 17.2 Å². The smallest absolute Gasteiger partial charge is 0.270 e. The maximum atomic E-state index is 14.4. The quantitative estimate of drug-likeness (QED) is 0.612. The number of halogens is 3. The van der Waals surface area contributed by atoms with Gasteiger partial charge in [-0.2, -0.15) is 0 Å². The standard InChI is InChI=1S/C20H17F3N4O3/c1-29-17-9-26-15(8-14(17)24)20(28)27-18(19-12(22)3-2-6-25-19)11-4-5-16(30-10-21)13(23)7-11/h2-9,18H,10H2,1H3,(H2,24,26)(H,27,28)/t18-/m0/s1. The summed E-state index contributed by atoms with van der Waals surface area (Å²) in [6, 6.07) is 6.19. The number of carbonyl (C=O) groups excluding carboxylic acids is 1. The van der Waals surface area contributed by atoms with E-state index in [1.165, 1.54) is 43.8 Å². The molecule has 30 heavy (non-hydrogen) atoms. The van der Waals surface area contributed by atoms with Crippen molar-refractivity contribution < 1.29 is 27.4 Å². The first kappa shape index (κ1) is 20.9. The number of anilines is 1. The number of nitrogens with two attached hydrogens (primary N) is 1. The van der Waals surface area contributed by atoms with Crippen LogP contribution in [0.3, 0.4) is 0 Å². The molecule has 1 amide bonds. The second kappa shape index (κ2) is 9.12. The molecule has 7 nitrogen and oxygen atoms in total. The number of aromatic nitrogens is 2. The first-order chi connectivity index (χ1) is 14.4. The van der Waals surface area contributed by atoms with Gasteiger partial charge in [0.05, 0.1) is 25.0 Å². The summed E-state index contributed by atoms with van der Waals surface area (Å²) in [6.45, 7) is -1.21. The normalized spacial score (nSPS) is 11.6. The van der Waals surface area contributed by atoms with Gasteiger partial charge in [0.25, 0.3) is 5.91 Å². The molecule has 10 heteroatoms. The molecule has 0 saturated heterocycles. The number of hydrogen-bond donors (Lipinski definition) is 2. The maximum absolute atomic E-state index is 14.4. The zero-order valence-corrected chi connectivity index (χ0v) is 15.7. The Balaban J connectivity index is 1.98. The fourth-order valence-corrected chi connectivity index (χ4v) is 2.75. The molecule has 0 radical (unpaired) electrons. The van der Waals surface area contributed by atoms with Gasteiger partial charge < -0.3 is 20.5 Å². The Bertz CT molecular complexity index is 1070. The van der Waals surface area contributed by atoms with E-state index in [-0.39, 0.29) is 34.1 Å². The van der Waals surface area contributed by atoms with Crippen LogP contribution in [-0.2, 0) is 0 Å². The summed E-state index contributed by atoms with van der Waals surface area (Å²) in [5, 5.41) is 2.57. The Morgan fingerprint density at radius 1 is 1.17 bits per heavy atom. The minimum atomic E-state index is -1.21. The lowest BCUT2D eigenvalue weighted by Crippen LogP contribution is -2.31. The van der Waals surface area contributed by atoms with Crippen molar-refractivity contribution >= 4 is 11.6 Å². The fraction of sp³-hybridized carbons (Fsp3) is 0.150. The number of nitrogens with one attached hydrogen (secondary N) is 1. The molecular weight excluding hydrogens is 401 g/mol. The molecule has 3 rings (SSSR count). The molecule has 2 aromatic heterocycles. The van der Waals surface area contributed by atoms with E-state index in [4.69, 9.17) is 10.5 Å². The summed E-state index contributed by atoms with van der Waals surface area (Å²) in [5.41, 5.74) is 5.93. The average molecular weight is 418 g/mol. The van der Waals surface area contributed by atoms with E-state index in [1.807, 2.05) is 0 Å². The van der Waals surface area contributed by atoms with Crippen LogP contribution < -0.4 is 20.5 Å². The molecule has 0 unspecified atom stereocenters. The predicted molar refractivity (Wildman–Crippen MR) is 102 cm³/mol. The third-order valence-corrected chi connectivity index (χ3v) is 4.19. The summed E-state index contributed by atoms with van der Waals surface area (Å²) >= 11 is 0. The highest BCUT2D eigenvalue weighted by molar-refractivity contribution is 5.93. The number of carbonyl (C=O) groups is 1. The lowest BCUT2D eigenvalue weighted by atomic mass is 10.0. The van der Waals surface area contributed by atoms with Crippen LogP contribution in [0.5, 0.6) is 11.5 Å². The molecular formula is C20H17F3N4O3. The van der Waals surface area contributed by atoms with Crippen molar-refractivity contribution in [2.75, 3.05) is 19.7 Å². The van der Waals surface area contributed by atoms with Crippen LogP contribution in [-0.4, -0.2) is 29.8 Å². The number of rotatable bonds is 7. The summed E-state index contributed by atoms with van der Waals surface area (Å²) in [4.78, 5) is 20.7. The Kier molecular flexibility index (Phi) is 6.35.